The summed E-state index contributed by atoms with van der Waals surface area (Å²) in [5.74, 6) is -0.798. The molecular formula is C12H12N2O2S. The van der Waals surface area contributed by atoms with Gasteiger partial charge >= 0.3 is 5.97 Å². The van der Waals surface area contributed by atoms with Gasteiger partial charge in [-0.3, -0.25) is 9.78 Å². The zero-order chi connectivity index (χ0) is 12.3. The number of nitrogens with zero attached hydrogens (tertiary/aromatic N) is 2. The number of rotatable bonds is 4. The van der Waals surface area contributed by atoms with Crippen molar-refractivity contribution in [2.24, 2.45) is 0 Å². The fourth-order valence-corrected chi connectivity index (χ4v) is 2.54. The molecule has 2 aromatic rings. The lowest BCUT2D eigenvalue weighted by molar-refractivity contribution is -0.136. The summed E-state index contributed by atoms with van der Waals surface area (Å²) in [4.78, 5) is 20.1. The van der Waals surface area contributed by atoms with Crippen LogP contribution in [-0.2, 0) is 11.2 Å². The van der Waals surface area contributed by atoms with Crippen LogP contribution in [0.4, 0.5) is 0 Å². The van der Waals surface area contributed by atoms with Crippen LogP contribution in [0, 0.1) is 6.92 Å². The Morgan fingerprint density at radius 3 is 3.00 bits per heavy atom. The lowest BCUT2D eigenvalue weighted by Crippen LogP contribution is -1.98. The van der Waals surface area contributed by atoms with E-state index in [0.29, 0.717) is 6.42 Å². The highest BCUT2D eigenvalue weighted by molar-refractivity contribution is 7.15. The monoisotopic (exact) mass is 248 g/mol. The first-order valence-electron chi connectivity index (χ1n) is 5.25. The first-order chi connectivity index (χ1) is 8.16. The zero-order valence-electron chi connectivity index (χ0n) is 9.38. The third-order valence-corrected chi connectivity index (χ3v) is 3.37. The maximum Gasteiger partial charge on any atom is 0.303 e. The fraction of sp³-hybridized carbons (Fsp3) is 0.250. The zero-order valence-corrected chi connectivity index (χ0v) is 10.2. The van der Waals surface area contributed by atoms with Gasteiger partial charge in [-0.1, -0.05) is 6.07 Å². The second-order valence-corrected chi connectivity index (χ2v) is 4.85. The third-order valence-electron chi connectivity index (χ3n) is 2.30. The summed E-state index contributed by atoms with van der Waals surface area (Å²) in [6.07, 6.45) is 4.06. The number of aryl methyl sites for hydroxylation is 2. The Bertz CT molecular complexity index is 523. The molecule has 0 aliphatic carbocycles. The van der Waals surface area contributed by atoms with E-state index in [4.69, 9.17) is 5.11 Å². The van der Waals surface area contributed by atoms with Gasteiger partial charge in [-0.2, -0.15) is 0 Å². The first kappa shape index (κ1) is 11.7. The van der Waals surface area contributed by atoms with Crippen molar-refractivity contribution in [3.63, 3.8) is 0 Å². The summed E-state index contributed by atoms with van der Waals surface area (Å²) >= 11 is 1.58. The van der Waals surface area contributed by atoms with Gasteiger partial charge in [0.1, 0.15) is 0 Å². The lowest BCUT2D eigenvalue weighted by atomic mass is 10.1. The van der Waals surface area contributed by atoms with Gasteiger partial charge in [0.05, 0.1) is 22.0 Å². The standard InChI is InChI=1S/C12H12N2O2S/c1-8-14-10(4-5-11(15)16)12(17-8)9-3-2-6-13-7-9/h2-3,6-7H,4-5H2,1H3,(H,15,16). The van der Waals surface area contributed by atoms with Crippen molar-refractivity contribution >= 4 is 17.3 Å². The van der Waals surface area contributed by atoms with Crippen LogP contribution >= 0.6 is 11.3 Å². The molecule has 0 aromatic carbocycles. The van der Waals surface area contributed by atoms with Crippen LogP contribution in [0.15, 0.2) is 24.5 Å². The van der Waals surface area contributed by atoms with Crippen molar-refractivity contribution in [3.8, 4) is 10.4 Å². The Hall–Kier alpha value is -1.75. The summed E-state index contributed by atoms with van der Waals surface area (Å²) in [7, 11) is 0. The topological polar surface area (TPSA) is 63.1 Å². The molecule has 0 unspecified atom stereocenters. The van der Waals surface area contributed by atoms with Gasteiger partial charge in [0, 0.05) is 24.4 Å². The smallest absolute Gasteiger partial charge is 0.303 e. The first-order valence-corrected chi connectivity index (χ1v) is 6.07. The quantitative estimate of drug-likeness (QED) is 0.903. The van der Waals surface area contributed by atoms with Crippen LogP contribution in [0.1, 0.15) is 17.1 Å². The Kier molecular flexibility index (Phi) is 3.49. The predicted molar refractivity (Wildman–Crippen MR) is 66.0 cm³/mol. The molecule has 2 rings (SSSR count). The van der Waals surface area contributed by atoms with Crippen molar-refractivity contribution in [1.29, 1.82) is 0 Å². The second kappa shape index (κ2) is 5.05. The fourth-order valence-electron chi connectivity index (χ4n) is 1.59. The van der Waals surface area contributed by atoms with Crippen LogP contribution in [-0.4, -0.2) is 21.0 Å². The number of carboxylic acid groups (broad SMARTS) is 1. The highest BCUT2D eigenvalue weighted by atomic mass is 32.1. The van der Waals surface area contributed by atoms with E-state index >= 15 is 0 Å². The molecule has 2 aromatic heterocycles. The molecule has 0 bridgehead atoms. The van der Waals surface area contributed by atoms with Crippen molar-refractivity contribution in [2.45, 2.75) is 19.8 Å². The van der Waals surface area contributed by atoms with Crippen molar-refractivity contribution < 1.29 is 9.90 Å². The van der Waals surface area contributed by atoms with Gasteiger partial charge in [0.25, 0.3) is 0 Å². The number of hydrogen-bond acceptors (Lipinski definition) is 4. The van der Waals surface area contributed by atoms with Gasteiger partial charge in [-0.05, 0) is 13.0 Å². The number of hydrogen-bond donors (Lipinski definition) is 1. The molecule has 0 radical (unpaired) electrons. The van der Waals surface area contributed by atoms with Crippen LogP contribution in [0.2, 0.25) is 0 Å². The molecule has 0 fully saturated rings. The molecule has 0 saturated carbocycles. The van der Waals surface area contributed by atoms with E-state index in [-0.39, 0.29) is 6.42 Å². The number of aliphatic carboxylic acids is 1. The summed E-state index contributed by atoms with van der Waals surface area (Å²) < 4.78 is 0. The van der Waals surface area contributed by atoms with E-state index in [2.05, 4.69) is 9.97 Å². The number of pyridine rings is 1. The summed E-state index contributed by atoms with van der Waals surface area (Å²) in [5, 5.41) is 9.65. The maximum absolute atomic E-state index is 10.6. The second-order valence-electron chi connectivity index (χ2n) is 3.64. The highest BCUT2D eigenvalue weighted by Crippen LogP contribution is 2.30. The minimum absolute atomic E-state index is 0.108. The Balaban J connectivity index is 2.31. The molecule has 17 heavy (non-hydrogen) atoms. The average molecular weight is 248 g/mol. The number of carboxylic acids is 1. The molecule has 0 saturated heterocycles. The molecule has 0 spiro atoms. The Morgan fingerprint density at radius 2 is 2.35 bits per heavy atom. The number of thiazole rings is 1. The van der Waals surface area contributed by atoms with Gasteiger partial charge in [0.2, 0.25) is 0 Å². The molecule has 88 valence electrons. The van der Waals surface area contributed by atoms with Crippen molar-refractivity contribution in [3.05, 3.63) is 35.2 Å². The average Bonchev–Trinajstić information content (AvgIpc) is 2.69. The molecule has 0 aliphatic rings. The molecule has 0 atom stereocenters. The largest absolute Gasteiger partial charge is 0.481 e. The molecular weight excluding hydrogens is 236 g/mol. The minimum Gasteiger partial charge on any atom is -0.481 e. The summed E-state index contributed by atoms with van der Waals surface area (Å²) in [6.45, 7) is 1.93. The van der Waals surface area contributed by atoms with E-state index in [1.165, 1.54) is 0 Å². The summed E-state index contributed by atoms with van der Waals surface area (Å²) in [5.41, 5.74) is 1.85. The van der Waals surface area contributed by atoms with Crippen LogP contribution in [0.3, 0.4) is 0 Å². The highest BCUT2D eigenvalue weighted by Gasteiger charge is 2.12. The minimum atomic E-state index is -0.798. The predicted octanol–water partition coefficient (Wildman–Crippen LogP) is 2.53. The van der Waals surface area contributed by atoms with Gasteiger partial charge in [-0.15, -0.1) is 11.3 Å². The van der Waals surface area contributed by atoms with E-state index in [1.54, 1.807) is 23.7 Å². The molecule has 0 aliphatic heterocycles. The molecule has 1 N–H and O–H groups in total. The normalized spacial score (nSPS) is 10.4. The van der Waals surface area contributed by atoms with E-state index in [9.17, 15) is 4.79 Å². The van der Waals surface area contributed by atoms with Gasteiger partial charge in [-0.25, -0.2) is 4.98 Å². The molecule has 2 heterocycles. The van der Waals surface area contributed by atoms with Gasteiger partial charge in [0.15, 0.2) is 0 Å². The molecule has 4 nitrogen and oxygen atoms in total. The van der Waals surface area contributed by atoms with Crippen LogP contribution < -0.4 is 0 Å². The van der Waals surface area contributed by atoms with Gasteiger partial charge < -0.3 is 5.11 Å². The van der Waals surface area contributed by atoms with Crippen molar-refractivity contribution in [1.82, 2.24) is 9.97 Å². The summed E-state index contributed by atoms with van der Waals surface area (Å²) in [6, 6.07) is 3.83. The third kappa shape index (κ3) is 2.88. The molecule has 0 amide bonds. The maximum atomic E-state index is 10.6. The van der Waals surface area contributed by atoms with Crippen LogP contribution in [0.25, 0.3) is 10.4 Å². The van der Waals surface area contributed by atoms with E-state index < -0.39 is 5.97 Å². The van der Waals surface area contributed by atoms with Crippen molar-refractivity contribution in [2.75, 3.05) is 0 Å². The van der Waals surface area contributed by atoms with Crippen LogP contribution in [0.5, 0.6) is 0 Å². The lowest BCUT2D eigenvalue weighted by Gasteiger charge is -2.00. The molecule has 5 heteroatoms. The number of carbonyl (C=O) groups is 1. The van der Waals surface area contributed by atoms with E-state index in [0.717, 1.165) is 21.1 Å². The SMILES string of the molecule is Cc1nc(CCC(=O)O)c(-c2cccnc2)s1. The Labute approximate surface area is 103 Å². The Morgan fingerprint density at radius 1 is 1.53 bits per heavy atom. The van der Waals surface area contributed by atoms with E-state index in [1.807, 2.05) is 19.1 Å². The number of aromatic nitrogens is 2.